The van der Waals surface area contributed by atoms with Crippen molar-refractivity contribution in [2.75, 3.05) is 0 Å². The topological polar surface area (TPSA) is 75.1 Å². The van der Waals surface area contributed by atoms with Crippen molar-refractivity contribution in [1.82, 2.24) is 14.9 Å². The molecule has 16 heavy (non-hydrogen) atoms. The molecule has 6 heteroatoms. The van der Waals surface area contributed by atoms with Gasteiger partial charge >= 0.3 is 6.09 Å². The molecule has 0 bridgehead atoms. The molecule has 0 aliphatic carbocycles. The third kappa shape index (κ3) is 2.54. The van der Waals surface area contributed by atoms with Crippen LogP contribution < -0.4 is 5.32 Å². The first kappa shape index (κ1) is 10.6. The van der Waals surface area contributed by atoms with Crippen LogP contribution in [0.4, 0.5) is 4.79 Å². The molecule has 5 nitrogen and oxygen atoms in total. The molecule has 1 aromatic carbocycles. The van der Waals surface area contributed by atoms with Gasteiger partial charge in [-0.1, -0.05) is 28.8 Å². The Hall–Kier alpha value is -1.95. The number of rotatable bonds is 3. The first-order chi connectivity index (χ1) is 7.75. The summed E-state index contributed by atoms with van der Waals surface area (Å²) in [7, 11) is 0. The van der Waals surface area contributed by atoms with Crippen LogP contribution in [0.1, 0.15) is 5.56 Å². The molecule has 0 radical (unpaired) electrons. The molecule has 0 atom stereocenters. The summed E-state index contributed by atoms with van der Waals surface area (Å²) in [6, 6.07) is 7.53. The lowest BCUT2D eigenvalue weighted by molar-refractivity contribution is 0.194. The number of benzene rings is 1. The summed E-state index contributed by atoms with van der Waals surface area (Å²) in [4.78, 5) is 10.3. The van der Waals surface area contributed by atoms with E-state index >= 15 is 0 Å². The fourth-order valence-electron chi connectivity index (χ4n) is 1.26. The van der Waals surface area contributed by atoms with Crippen LogP contribution in [0, 0.1) is 0 Å². The van der Waals surface area contributed by atoms with E-state index < -0.39 is 6.09 Å². The van der Waals surface area contributed by atoms with E-state index in [0.29, 0.717) is 6.54 Å². The summed E-state index contributed by atoms with van der Waals surface area (Å²) in [6.45, 7) is 0.310. The molecule has 1 heterocycles. The van der Waals surface area contributed by atoms with E-state index in [1.807, 2.05) is 29.6 Å². The Morgan fingerprint density at radius 1 is 1.38 bits per heavy atom. The van der Waals surface area contributed by atoms with Gasteiger partial charge in [0.2, 0.25) is 0 Å². The van der Waals surface area contributed by atoms with Crippen LogP contribution in [-0.4, -0.2) is 20.8 Å². The molecule has 0 saturated heterocycles. The Morgan fingerprint density at radius 3 is 2.69 bits per heavy atom. The fraction of sp³-hybridized carbons (Fsp3) is 0.100. The van der Waals surface area contributed by atoms with Gasteiger partial charge in [-0.3, -0.25) is 0 Å². The van der Waals surface area contributed by atoms with Crippen molar-refractivity contribution in [3.8, 4) is 11.3 Å². The maximum Gasteiger partial charge on any atom is 0.404 e. The van der Waals surface area contributed by atoms with E-state index in [4.69, 9.17) is 5.11 Å². The summed E-state index contributed by atoms with van der Waals surface area (Å²) >= 11 is 1.30. The Bertz CT molecular complexity index is 467. The Kier molecular flexibility index (Phi) is 3.11. The second-order valence-electron chi connectivity index (χ2n) is 3.15. The Balaban J connectivity index is 2.08. The summed E-state index contributed by atoms with van der Waals surface area (Å²) in [5.74, 6) is 0. The molecule has 0 aliphatic rings. The highest BCUT2D eigenvalue weighted by molar-refractivity contribution is 7.03. The molecular formula is C10H9N3O2S. The first-order valence-corrected chi connectivity index (χ1v) is 5.42. The van der Waals surface area contributed by atoms with Crippen molar-refractivity contribution in [3.05, 3.63) is 35.2 Å². The van der Waals surface area contributed by atoms with E-state index in [1.54, 1.807) is 0 Å². The van der Waals surface area contributed by atoms with Crippen LogP contribution in [0.3, 0.4) is 0 Å². The molecule has 1 aromatic heterocycles. The highest BCUT2D eigenvalue weighted by atomic mass is 32.1. The van der Waals surface area contributed by atoms with E-state index in [0.717, 1.165) is 16.8 Å². The number of nitrogens with one attached hydrogen (secondary N) is 1. The molecule has 0 saturated carbocycles. The Labute approximate surface area is 95.9 Å². The number of amides is 1. The molecule has 2 rings (SSSR count). The van der Waals surface area contributed by atoms with Crippen LogP contribution in [0.15, 0.2) is 29.6 Å². The van der Waals surface area contributed by atoms with Crippen molar-refractivity contribution >= 4 is 17.6 Å². The maximum atomic E-state index is 10.3. The molecule has 2 aromatic rings. The van der Waals surface area contributed by atoms with Gasteiger partial charge in [-0.15, -0.1) is 5.10 Å². The van der Waals surface area contributed by atoms with Gasteiger partial charge in [0.05, 0.1) is 0 Å². The van der Waals surface area contributed by atoms with Crippen LogP contribution in [0.5, 0.6) is 0 Å². The van der Waals surface area contributed by atoms with Gasteiger partial charge < -0.3 is 10.4 Å². The minimum atomic E-state index is -1.02. The number of hydrogen-bond acceptors (Lipinski definition) is 4. The lowest BCUT2D eigenvalue weighted by atomic mass is 10.1. The van der Waals surface area contributed by atoms with Crippen LogP contribution in [0.2, 0.25) is 0 Å². The SMILES string of the molecule is O=C(O)NCc1ccc(-c2csnn2)cc1. The highest BCUT2D eigenvalue weighted by Crippen LogP contribution is 2.17. The van der Waals surface area contributed by atoms with Crippen molar-refractivity contribution in [1.29, 1.82) is 0 Å². The predicted molar refractivity (Wildman–Crippen MR) is 60.2 cm³/mol. The second-order valence-corrected chi connectivity index (χ2v) is 3.76. The molecule has 1 amide bonds. The van der Waals surface area contributed by atoms with E-state index in [9.17, 15) is 4.79 Å². The van der Waals surface area contributed by atoms with Crippen molar-refractivity contribution in [2.45, 2.75) is 6.54 Å². The van der Waals surface area contributed by atoms with Gasteiger partial charge in [0, 0.05) is 17.5 Å². The van der Waals surface area contributed by atoms with E-state index in [-0.39, 0.29) is 0 Å². The monoisotopic (exact) mass is 235 g/mol. The number of nitrogens with zero attached hydrogens (tertiary/aromatic N) is 2. The van der Waals surface area contributed by atoms with Gasteiger partial charge in [-0.2, -0.15) is 0 Å². The van der Waals surface area contributed by atoms with Crippen LogP contribution in [-0.2, 0) is 6.54 Å². The predicted octanol–water partition coefficient (Wildman–Crippen LogP) is 1.97. The van der Waals surface area contributed by atoms with E-state index in [1.165, 1.54) is 11.5 Å². The summed E-state index contributed by atoms with van der Waals surface area (Å²) in [6.07, 6.45) is -1.02. The van der Waals surface area contributed by atoms with Gasteiger partial charge in [0.25, 0.3) is 0 Å². The molecule has 0 spiro atoms. The average Bonchev–Trinajstić information content (AvgIpc) is 2.80. The molecule has 0 fully saturated rings. The fourth-order valence-corrected chi connectivity index (χ4v) is 1.73. The second kappa shape index (κ2) is 4.71. The zero-order valence-electron chi connectivity index (χ0n) is 8.25. The molecule has 0 unspecified atom stereocenters. The third-order valence-electron chi connectivity index (χ3n) is 2.05. The van der Waals surface area contributed by atoms with Gasteiger partial charge in [-0.05, 0) is 17.1 Å². The van der Waals surface area contributed by atoms with Crippen LogP contribution >= 0.6 is 11.5 Å². The minimum Gasteiger partial charge on any atom is -0.465 e. The summed E-state index contributed by atoms with van der Waals surface area (Å²) < 4.78 is 3.78. The zero-order valence-corrected chi connectivity index (χ0v) is 9.07. The summed E-state index contributed by atoms with van der Waals surface area (Å²) in [5.41, 5.74) is 2.73. The standard InChI is InChI=1S/C10H9N3O2S/c14-10(15)11-5-7-1-3-8(4-2-7)9-6-16-13-12-9/h1-4,6,11H,5H2,(H,14,15). The number of carbonyl (C=O) groups is 1. The van der Waals surface area contributed by atoms with Crippen molar-refractivity contribution in [2.24, 2.45) is 0 Å². The smallest absolute Gasteiger partial charge is 0.404 e. The van der Waals surface area contributed by atoms with E-state index in [2.05, 4.69) is 14.9 Å². The average molecular weight is 235 g/mol. The van der Waals surface area contributed by atoms with Crippen molar-refractivity contribution < 1.29 is 9.90 Å². The number of aromatic nitrogens is 2. The van der Waals surface area contributed by atoms with Gasteiger partial charge in [0.1, 0.15) is 5.69 Å². The van der Waals surface area contributed by atoms with Gasteiger partial charge in [0.15, 0.2) is 0 Å². The lowest BCUT2D eigenvalue weighted by Crippen LogP contribution is -2.19. The quantitative estimate of drug-likeness (QED) is 0.852. The largest absolute Gasteiger partial charge is 0.465 e. The summed E-state index contributed by atoms with van der Waals surface area (Å²) in [5, 5.41) is 16.6. The normalized spacial score (nSPS) is 10.0. The maximum absolute atomic E-state index is 10.3. The molecule has 2 N–H and O–H groups in total. The van der Waals surface area contributed by atoms with Crippen molar-refractivity contribution in [3.63, 3.8) is 0 Å². The van der Waals surface area contributed by atoms with Crippen LogP contribution in [0.25, 0.3) is 11.3 Å². The number of hydrogen-bond donors (Lipinski definition) is 2. The molecule has 82 valence electrons. The first-order valence-electron chi connectivity index (χ1n) is 4.59. The molecular weight excluding hydrogens is 226 g/mol. The highest BCUT2D eigenvalue weighted by Gasteiger charge is 2.01. The van der Waals surface area contributed by atoms with Gasteiger partial charge in [-0.25, -0.2) is 4.79 Å². The Morgan fingerprint density at radius 2 is 2.12 bits per heavy atom. The number of carboxylic acid groups (broad SMARTS) is 1. The third-order valence-corrected chi connectivity index (χ3v) is 2.56. The molecule has 0 aliphatic heterocycles. The minimum absolute atomic E-state index is 0.310. The lowest BCUT2D eigenvalue weighted by Gasteiger charge is -2.02. The zero-order chi connectivity index (χ0) is 11.4.